The molecule has 0 radical (unpaired) electrons. The summed E-state index contributed by atoms with van der Waals surface area (Å²) in [5.74, 6) is 0. The Morgan fingerprint density at radius 3 is 1.93 bits per heavy atom. The van der Waals surface area contributed by atoms with Crippen molar-refractivity contribution in [3.8, 4) is 0 Å². The van der Waals surface area contributed by atoms with E-state index in [9.17, 15) is 0 Å². The van der Waals surface area contributed by atoms with Crippen LogP contribution in [0.25, 0.3) is 0 Å². The van der Waals surface area contributed by atoms with E-state index in [4.69, 9.17) is 0 Å². The van der Waals surface area contributed by atoms with Crippen LogP contribution in [0.4, 0.5) is 11.4 Å². The lowest BCUT2D eigenvalue weighted by molar-refractivity contribution is 1.30. The Labute approximate surface area is 85.4 Å². The Hall–Kier alpha value is -1.44. The molecular formula is C12H16N2. The first-order valence-electron chi connectivity index (χ1n) is 5.02. The molecule has 0 atom stereocenters. The maximum atomic E-state index is 4.29. The van der Waals surface area contributed by atoms with Gasteiger partial charge in [0.25, 0.3) is 0 Å². The van der Waals surface area contributed by atoms with Gasteiger partial charge < -0.3 is 0 Å². The highest BCUT2D eigenvalue weighted by Crippen LogP contribution is 2.19. The molecule has 2 nitrogen and oxygen atoms in total. The minimum Gasteiger partial charge on any atom is -0.261 e. The molecule has 0 unspecified atom stereocenters. The van der Waals surface area contributed by atoms with Gasteiger partial charge >= 0.3 is 0 Å². The monoisotopic (exact) mass is 188 g/mol. The number of hydrogen-bond donors (Lipinski definition) is 0. The Kier molecular flexibility index (Phi) is 4.62. The fourth-order valence-corrected chi connectivity index (χ4v) is 1.05. The molecule has 0 aliphatic heterocycles. The van der Waals surface area contributed by atoms with Gasteiger partial charge in [0.05, 0.1) is 11.4 Å². The van der Waals surface area contributed by atoms with E-state index in [1.807, 2.05) is 36.7 Å². The molecule has 0 aliphatic rings. The fraction of sp³-hybridized carbons (Fsp3) is 0.333. The van der Waals surface area contributed by atoms with Crippen LogP contribution in [0.5, 0.6) is 0 Å². The Morgan fingerprint density at radius 2 is 1.50 bits per heavy atom. The third-order valence-corrected chi connectivity index (χ3v) is 1.68. The first kappa shape index (κ1) is 10.6. The zero-order valence-electron chi connectivity index (χ0n) is 8.77. The molecule has 0 saturated heterocycles. The van der Waals surface area contributed by atoms with E-state index < -0.39 is 0 Å². The lowest BCUT2D eigenvalue weighted by atomic mass is 10.3. The fourth-order valence-electron chi connectivity index (χ4n) is 1.05. The van der Waals surface area contributed by atoms with E-state index >= 15 is 0 Å². The van der Waals surface area contributed by atoms with E-state index in [-0.39, 0.29) is 0 Å². The second kappa shape index (κ2) is 6.08. The molecule has 0 heterocycles. The first-order valence-corrected chi connectivity index (χ1v) is 5.02. The summed E-state index contributed by atoms with van der Waals surface area (Å²) >= 11 is 0. The summed E-state index contributed by atoms with van der Waals surface area (Å²) in [5, 5.41) is 0. The molecule has 0 bridgehead atoms. The minimum absolute atomic E-state index is 0.961. The van der Waals surface area contributed by atoms with Crippen molar-refractivity contribution < 1.29 is 0 Å². The van der Waals surface area contributed by atoms with Gasteiger partial charge in [-0.05, 0) is 31.0 Å². The van der Waals surface area contributed by atoms with Crippen LogP contribution in [0.1, 0.15) is 26.7 Å². The second-order valence-corrected chi connectivity index (χ2v) is 2.96. The van der Waals surface area contributed by atoms with Gasteiger partial charge in [0.2, 0.25) is 0 Å². The van der Waals surface area contributed by atoms with Gasteiger partial charge in [-0.15, -0.1) is 0 Å². The summed E-state index contributed by atoms with van der Waals surface area (Å²) < 4.78 is 0. The maximum Gasteiger partial charge on any atom is 0.0647 e. The lowest BCUT2D eigenvalue weighted by Gasteiger charge is -1.95. The number of benzene rings is 1. The molecule has 0 aromatic heterocycles. The van der Waals surface area contributed by atoms with Gasteiger partial charge in [-0.25, -0.2) is 0 Å². The quantitative estimate of drug-likeness (QED) is 0.640. The summed E-state index contributed by atoms with van der Waals surface area (Å²) in [6.45, 7) is 4.14. The third-order valence-electron chi connectivity index (χ3n) is 1.68. The van der Waals surface area contributed by atoms with Crippen LogP contribution >= 0.6 is 0 Å². The highest BCUT2D eigenvalue weighted by molar-refractivity contribution is 5.67. The summed E-state index contributed by atoms with van der Waals surface area (Å²) in [5.41, 5.74) is 1.94. The van der Waals surface area contributed by atoms with E-state index in [0.717, 1.165) is 24.2 Å². The van der Waals surface area contributed by atoms with E-state index in [2.05, 4.69) is 23.8 Å². The van der Waals surface area contributed by atoms with Crippen molar-refractivity contribution in [2.24, 2.45) is 9.98 Å². The maximum absolute atomic E-state index is 4.29. The summed E-state index contributed by atoms with van der Waals surface area (Å²) in [6, 6.07) is 7.93. The normalized spacial score (nSPS) is 11.6. The number of rotatable bonds is 4. The van der Waals surface area contributed by atoms with E-state index in [1.165, 1.54) is 0 Å². The van der Waals surface area contributed by atoms with Crippen molar-refractivity contribution >= 4 is 23.8 Å². The average Bonchev–Trinajstić information content (AvgIpc) is 2.24. The highest BCUT2D eigenvalue weighted by Gasteiger charge is 1.89. The molecule has 2 heteroatoms. The molecule has 0 aliphatic carbocycles. The Morgan fingerprint density at radius 1 is 1.00 bits per heavy atom. The molecule has 1 rings (SSSR count). The van der Waals surface area contributed by atoms with Gasteiger partial charge in [0, 0.05) is 12.4 Å². The van der Waals surface area contributed by atoms with Crippen LogP contribution in [-0.2, 0) is 0 Å². The van der Waals surface area contributed by atoms with Crippen molar-refractivity contribution in [1.82, 2.24) is 0 Å². The van der Waals surface area contributed by atoms with Crippen LogP contribution in [0.2, 0.25) is 0 Å². The largest absolute Gasteiger partial charge is 0.261 e. The lowest BCUT2D eigenvalue weighted by Crippen LogP contribution is -1.71. The highest BCUT2D eigenvalue weighted by atomic mass is 14.7. The number of aliphatic imine (C=N–C) groups is 2. The molecular weight excluding hydrogens is 172 g/mol. The summed E-state index contributed by atoms with van der Waals surface area (Å²) in [6.07, 6.45) is 5.73. The predicted molar refractivity (Wildman–Crippen MR) is 63.3 cm³/mol. The molecule has 14 heavy (non-hydrogen) atoms. The molecule has 1 aromatic carbocycles. The van der Waals surface area contributed by atoms with Gasteiger partial charge in [-0.3, -0.25) is 9.98 Å². The van der Waals surface area contributed by atoms with Crippen LogP contribution in [0.3, 0.4) is 0 Å². The number of hydrogen-bond acceptors (Lipinski definition) is 2. The van der Waals surface area contributed by atoms with Crippen LogP contribution in [0, 0.1) is 0 Å². The van der Waals surface area contributed by atoms with Crippen LogP contribution < -0.4 is 0 Å². The molecule has 0 N–H and O–H groups in total. The van der Waals surface area contributed by atoms with Crippen LogP contribution in [-0.4, -0.2) is 12.4 Å². The standard InChI is InChI=1S/C12H16N2/c1-3-8-13-11-6-5-7-12(10-11)14-9-4-2/h5-10H,3-4H2,1-2H3. The molecule has 0 amide bonds. The first-order chi connectivity index (χ1) is 6.86. The number of nitrogens with zero attached hydrogens (tertiary/aromatic N) is 2. The summed E-state index contributed by atoms with van der Waals surface area (Å²) in [4.78, 5) is 8.59. The minimum atomic E-state index is 0.961. The summed E-state index contributed by atoms with van der Waals surface area (Å²) in [7, 11) is 0. The van der Waals surface area contributed by atoms with Gasteiger partial charge in [-0.2, -0.15) is 0 Å². The van der Waals surface area contributed by atoms with Gasteiger partial charge in [0.1, 0.15) is 0 Å². The molecule has 1 aromatic rings. The topological polar surface area (TPSA) is 24.7 Å². The molecule has 0 spiro atoms. The van der Waals surface area contributed by atoms with Crippen molar-refractivity contribution in [3.05, 3.63) is 24.3 Å². The van der Waals surface area contributed by atoms with Crippen molar-refractivity contribution in [3.63, 3.8) is 0 Å². The molecule has 0 fully saturated rings. The molecule has 0 saturated carbocycles. The third kappa shape index (κ3) is 3.52. The predicted octanol–water partition coefficient (Wildman–Crippen LogP) is 3.91. The van der Waals surface area contributed by atoms with Crippen molar-refractivity contribution in [2.75, 3.05) is 0 Å². The van der Waals surface area contributed by atoms with Crippen molar-refractivity contribution in [2.45, 2.75) is 26.7 Å². The van der Waals surface area contributed by atoms with Crippen molar-refractivity contribution in [1.29, 1.82) is 0 Å². The average molecular weight is 188 g/mol. The van der Waals surface area contributed by atoms with Gasteiger partial charge in [0.15, 0.2) is 0 Å². The Balaban J connectivity index is 2.78. The zero-order chi connectivity index (χ0) is 10.2. The SMILES string of the molecule is CCC=Nc1cccc(N=CCC)c1. The molecule has 74 valence electrons. The Bertz CT molecular complexity index is 298. The smallest absolute Gasteiger partial charge is 0.0647 e. The van der Waals surface area contributed by atoms with Gasteiger partial charge in [-0.1, -0.05) is 19.9 Å². The zero-order valence-corrected chi connectivity index (χ0v) is 8.77. The second-order valence-electron chi connectivity index (χ2n) is 2.96. The van der Waals surface area contributed by atoms with Crippen LogP contribution in [0.15, 0.2) is 34.3 Å². The van der Waals surface area contributed by atoms with E-state index in [0.29, 0.717) is 0 Å². The van der Waals surface area contributed by atoms with E-state index in [1.54, 1.807) is 0 Å².